The summed E-state index contributed by atoms with van der Waals surface area (Å²) in [6, 6.07) is 0. The Labute approximate surface area is 84.1 Å². The number of hydrogen-bond acceptors (Lipinski definition) is 4. The highest BCUT2D eigenvalue weighted by Crippen LogP contribution is 2.21. The summed E-state index contributed by atoms with van der Waals surface area (Å²) < 4.78 is 5.26. The van der Waals surface area contributed by atoms with Crippen LogP contribution in [-0.2, 0) is 6.42 Å². The smallest absolute Gasteiger partial charge is 0.231 e. The minimum absolute atomic E-state index is 0.432. The summed E-state index contributed by atoms with van der Waals surface area (Å²) in [7, 11) is 0. The molecule has 2 rings (SSSR count). The van der Waals surface area contributed by atoms with Gasteiger partial charge in [0.1, 0.15) is 0 Å². The van der Waals surface area contributed by atoms with Crippen LogP contribution in [0.5, 0.6) is 0 Å². The predicted molar refractivity (Wildman–Crippen MR) is 53.1 cm³/mol. The second kappa shape index (κ2) is 4.55. The lowest BCUT2D eigenvalue weighted by Crippen LogP contribution is -2.28. The van der Waals surface area contributed by atoms with Crippen molar-refractivity contribution in [1.29, 1.82) is 0 Å². The lowest BCUT2D eigenvalue weighted by molar-refractivity contribution is 0.320. The zero-order valence-electron chi connectivity index (χ0n) is 8.62. The average molecular weight is 195 g/mol. The van der Waals surface area contributed by atoms with Gasteiger partial charge in [0.25, 0.3) is 0 Å². The van der Waals surface area contributed by atoms with Crippen LogP contribution in [0.25, 0.3) is 0 Å². The number of rotatable bonds is 3. The van der Waals surface area contributed by atoms with Crippen molar-refractivity contribution in [3.8, 4) is 0 Å². The highest BCUT2D eigenvalue weighted by Gasteiger charge is 2.20. The molecule has 1 N–H and O–H groups in total. The van der Waals surface area contributed by atoms with Crippen LogP contribution in [0.3, 0.4) is 0 Å². The molecule has 0 bridgehead atoms. The van der Waals surface area contributed by atoms with Crippen molar-refractivity contribution in [1.82, 2.24) is 15.5 Å². The molecule has 0 saturated carbocycles. The molecular formula is C10H17N3O. The maximum Gasteiger partial charge on any atom is 0.231 e. The van der Waals surface area contributed by atoms with Gasteiger partial charge < -0.3 is 9.84 Å². The fourth-order valence-corrected chi connectivity index (χ4v) is 1.82. The van der Waals surface area contributed by atoms with Crippen molar-refractivity contribution in [2.45, 2.75) is 38.5 Å². The molecule has 0 aromatic carbocycles. The van der Waals surface area contributed by atoms with Crippen LogP contribution in [0.4, 0.5) is 0 Å². The van der Waals surface area contributed by atoms with Gasteiger partial charge in [0.2, 0.25) is 5.89 Å². The average Bonchev–Trinajstić information content (AvgIpc) is 2.68. The van der Waals surface area contributed by atoms with Gasteiger partial charge in [0.05, 0.1) is 5.92 Å². The predicted octanol–water partition coefficient (Wildman–Crippen LogP) is 1.49. The van der Waals surface area contributed by atoms with Crippen LogP contribution < -0.4 is 5.32 Å². The Hall–Kier alpha value is -0.900. The molecule has 4 heteroatoms. The van der Waals surface area contributed by atoms with E-state index in [2.05, 4.69) is 22.4 Å². The van der Waals surface area contributed by atoms with Crippen molar-refractivity contribution < 1.29 is 4.52 Å². The molecule has 1 aliphatic rings. The van der Waals surface area contributed by atoms with Crippen LogP contribution >= 0.6 is 0 Å². The highest BCUT2D eigenvalue weighted by molar-refractivity contribution is 4.96. The third kappa shape index (κ3) is 2.12. The van der Waals surface area contributed by atoms with E-state index in [4.69, 9.17) is 4.52 Å². The van der Waals surface area contributed by atoms with Crippen molar-refractivity contribution >= 4 is 0 Å². The number of aryl methyl sites for hydroxylation is 1. The Morgan fingerprint density at radius 1 is 1.57 bits per heavy atom. The maximum atomic E-state index is 5.26. The van der Waals surface area contributed by atoms with Gasteiger partial charge in [-0.05, 0) is 25.8 Å². The van der Waals surface area contributed by atoms with E-state index in [-0.39, 0.29) is 0 Å². The second-order valence-corrected chi connectivity index (χ2v) is 3.84. The maximum absolute atomic E-state index is 5.26. The summed E-state index contributed by atoms with van der Waals surface area (Å²) in [5.74, 6) is 2.11. The zero-order valence-corrected chi connectivity index (χ0v) is 8.62. The molecule has 1 fully saturated rings. The SMILES string of the molecule is CCCc1noc([C@H]2CCCNC2)n1. The van der Waals surface area contributed by atoms with E-state index in [9.17, 15) is 0 Å². The Bertz CT molecular complexity index is 279. The Morgan fingerprint density at radius 3 is 3.21 bits per heavy atom. The fourth-order valence-electron chi connectivity index (χ4n) is 1.82. The van der Waals surface area contributed by atoms with Crippen molar-refractivity contribution in [2.75, 3.05) is 13.1 Å². The highest BCUT2D eigenvalue weighted by atomic mass is 16.5. The molecule has 0 unspecified atom stereocenters. The molecular weight excluding hydrogens is 178 g/mol. The Morgan fingerprint density at radius 2 is 2.50 bits per heavy atom. The lowest BCUT2D eigenvalue weighted by atomic mass is 10.00. The van der Waals surface area contributed by atoms with E-state index in [1.54, 1.807) is 0 Å². The summed E-state index contributed by atoms with van der Waals surface area (Å²) in [4.78, 5) is 4.41. The lowest BCUT2D eigenvalue weighted by Gasteiger charge is -2.18. The molecule has 0 radical (unpaired) electrons. The van der Waals surface area contributed by atoms with Crippen LogP contribution in [0, 0.1) is 0 Å². The number of aromatic nitrogens is 2. The molecule has 0 spiro atoms. The molecule has 1 aromatic rings. The molecule has 0 aliphatic carbocycles. The third-order valence-corrected chi connectivity index (χ3v) is 2.60. The van der Waals surface area contributed by atoms with E-state index >= 15 is 0 Å². The summed E-state index contributed by atoms with van der Waals surface area (Å²) >= 11 is 0. The third-order valence-electron chi connectivity index (χ3n) is 2.60. The Kier molecular flexibility index (Phi) is 3.14. The first-order valence-corrected chi connectivity index (χ1v) is 5.43. The molecule has 1 aliphatic heterocycles. The van der Waals surface area contributed by atoms with Crippen molar-refractivity contribution in [2.24, 2.45) is 0 Å². The summed E-state index contributed by atoms with van der Waals surface area (Å²) in [5, 5.41) is 7.31. The van der Waals surface area contributed by atoms with E-state index < -0.39 is 0 Å². The van der Waals surface area contributed by atoms with Gasteiger partial charge in [-0.3, -0.25) is 0 Å². The number of nitrogens with zero attached hydrogens (tertiary/aromatic N) is 2. The molecule has 14 heavy (non-hydrogen) atoms. The minimum Gasteiger partial charge on any atom is -0.339 e. The van der Waals surface area contributed by atoms with E-state index in [0.29, 0.717) is 5.92 Å². The molecule has 4 nitrogen and oxygen atoms in total. The first-order valence-electron chi connectivity index (χ1n) is 5.43. The quantitative estimate of drug-likeness (QED) is 0.794. The van der Waals surface area contributed by atoms with Gasteiger partial charge in [0.15, 0.2) is 5.82 Å². The zero-order chi connectivity index (χ0) is 9.80. The summed E-state index contributed by atoms with van der Waals surface area (Å²) in [6.07, 6.45) is 4.36. The minimum atomic E-state index is 0.432. The fraction of sp³-hybridized carbons (Fsp3) is 0.800. The van der Waals surface area contributed by atoms with Crippen LogP contribution in [0.15, 0.2) is 4.52 Å². The van der Waals surface area contributed by atoms with Gasteiger partial charge >= 0.3 is 0 Å². The molecule has 0 amide bonds. The second-order valence-electron chi connectivity index (χ2n) is 3.84. The topological polar surface area (TPSA) is 51.0 Å². The first-order chi connectivity index (χ1) is 6.90. The standard InChI is InChI=1S/C10H17N3O/c1-2-4-9-12-10(14-13-9)8-5-3-6-11-7-8/h8,11H,2-7H2,1H3/t8-/m0/s1. The summed E-state index contributed by atoms with van der Waals surface area (Å²) in [6.45, 7) is 4.22. The summed E-state index contributed by atoms with van der Waals surface area (Å²) in [5.41, 5.74) is 0. The number of hydrogen-bond donors (Lipinski definition) is 1. The monoisotopic (exact) mass is 195 g/mol. The molecule has 2 heterocycles. The Balaban J connectivity index is 2.00. The van der Waals surface area contributed by atoms with Gasteiger partial charge in [-0.1, -0.05) is 12.1 Å². The molecule has 1 atom stereocenters. The van der Waals surface area contributed by atoms with Crippen LogP contribution in [-0.4, -0.2) is 23.2 Å². The van der Waals surface area contributed by atoms with Gasteiger partial charge in [-0.25, -0.2) is 0 Å². The van der Waals surface area contributed by atoms with Crippen LogP contribution in [0.1, 0.15) is 43.8 Å². The van der Waals surface area contributed by atoms with Crippen molar-refractivity contribution in [3.05, 3.63) is 11.7 Å². The molecule has 1 saturated heterocycles. The van der Waals surface area contributed by atoms with E-state index in [1.807, 2.05) is 0 Å². The van der Waals surface area contributed by atoms with E-state index in [0.717, 1.165) is 37.6 Å². The first kappa shape index (κ1) is 9.65. The largest absolute Gasteiger partial charge is 0.339 e. The molecule has 1 aromatic heterocycles. The van der Waals surface area contributed by atoms with Gasteiger partial charge in [0, 0.05) is 13.0 Å². The molecule has 78 valence electrons. The number of nitrogens with one attached hydrogen (secondary N) is 1. The van der Waals surface area contributed by atoms with Gasteiger partial charge in [-0.15, -0.1) is 0 Å². The normalized spacial score (nSPS) is 22.5. The van der Waals surface area contributed by atoms with E-state index in [1.165, 1.54) is 12.8 Å². The number of piperidine rings is 1. The van der Waals surface area contributed by atoms with Gasteiger partial charge in [-0.2, -0.15) is 4.98 Å². The van der Waals surface area contributed by atoms with Crippen LogP contribution in [0.2, 0.25) is 0 Å². The van der Waals surface area contributed by atoms with Crippen molar-refractivity contribution in [3.63, 3.8) is 0 Å².